The first-order chi connectivity index (χ1) is 31.5. The van der Waals surface area contributed by atoms with Gasteiger partial charge in [0.25, 0.3) is 0 Å². The van der Waals surface area contributed by atoms with Crippen LogP contribution in [0.2, 0.25) is 0 Å². The van der Waals surface area contributed by atoms with E-state index < -0.39 is 6.10 Å². The SMILES string of the molecule is CC\C=C/C=C\C=C/C=C\CCCCCCCC(=O)OC(COC(=O)CCCCC/C=C\C/C=C\C/C=C\C/C=C\CC)COC(=O)CCCCCCCCCCCCCCCCC. The molecule has 64 heavy (non-hydrogen) atoms. The van der Waals surface area contributed by atoms with Gasteiger partial charge in [-0.25, -0.2) is 0 Å². The molecule has 0 N–H and O–H groups in total. The van der Waals surface area contributed by atoms with Crippen LogP contribution in [0.25, 0.3) is 0 Å². The molecule has 0 aromatic carbocycles. The van der Waals surface area contributed by atoms with Gasteiger partial charge in [-0.15, -0.1) is 0 Å². The van der Waals surface area contributed by atoms with Gasteiger partial charge < -0.3 is 14.2 Å². The minimum atomic E-state index is -0.802. The quantitative estimate of drug-likeness (QED) is 0.0199. The number of hydrogen-bond donors (Lipinski definition) is 0. The standard InChI is InChI=1S/C58H96O6/c1-4-7-10-13-16-19-22-25-28-31-33-36-39-42-45-48-51-57(60)63-54-55(64-58(61)52-49-46-43-40-37-34-30-27-24-21-18-15-12-9-6-3)53-62-56(59)50-47-44-41-38-35-32-29-26-23-20-17-14-11-8-5-2/h7,9-10,12,15-16,18-19,21,24-25,27-28,30,33,36,55H,4-6,8,11,13-14,17,20,22-23,26,29,31-32,34-35,37-54H2,1-3H3/b10-7-,12-9-,18-15-,19-16-,24-21-,28-25-,30-27-,36-33-. The third kappa shape index (κ3) is 49.3. The number of carbonyl (C=O) groups is 3. The van der Waals surface area contributed by atoms with Gasteiger partial charge in [-0.2, -0.15) is 0 Å². The molecule has 0 saturated carbocycles. The zero-order valence-electron chi connectivity index (χ0n) is 41.5. The normalized spacial score (nSPS) is 12.9. The molecule has 0 aromatic rings. The minimum Gasteiger partial charge on any atom is -0.462 e. The Labute approximate surface area is 394 Å². The predicted molar refractivity (Wildman–Crippen MR) is 274 cm³/mol. The van der Waals surface area contributed by atoms with E-state index in [1.807, 2.05) is 18.2 Å². The molecule has 6 heteroatoms. The molecule has 0 spiro atoms. The molecule has 0 aliphatic heterocycles. The molecule has 0 amide bonds. The van der Waals surface area contributed by atoms with E-state index in [9.17, 15) is 14.4 Å². The van der Waals surface area contributed by atoms with Crippen molar-refractivity contribution >= 4 is 17.9 Å². The number of esters is 3. The second kappa shape index (κ2) is 52.0. The Bertz CT molecular complexity index is 1300. The number of hydrogen-bond acceptors (Lipinski definition) is 6. The molecule has 0 aromatic heterocycles. The second-order valence-corrected chi connectivity index (χ2v) is 17.1. The Morgan fingerprint density at radius 2 is 0.688 bits per heavy atom. The van der Waals surface area contributed by atoms with Crippen LogP contribution in [-0.2, 0) is 28.6 Å². The van der Waals surface area contributed by atoms with E-state index in [-0.39, 0.29) is 31.1 Å². The summed E-state index contributed by atoms with van der Waals surface area (Å²) in [5.41, 5.74) is 0. The average molecular weight is 889 g/mol. The van der Waals surface area contributed by atoms with Crippen molar-refractivity contribution in [2.75, 3.05) is 13.2 Å². The highest BCUT2D eigenvalue weighted by atomic mass is 16.6. The summed E-state index contributed by atoms with van der Waals surface area (Å²) in [6.45, 7) is 6.34. The molecule has 0 rings (SSSR count). The molecule has 0 saturated heterocycles. The van der Waals surface area contributed by atoms with Crippen LogP contribution >= 0.6 is 0 Å². The van der Waals surface area contributed by atoms with Crippen LogP contribution in [0.3, 0.4) is 0 Å². The Hall–Kier alpha value is -3.67. The number of allylic oxidation sites excluding steroid dienone is 16. The van der Waals surface area contributed by atoms with Gasteiger partial charge in [-0.05, 0) is 77.0 Å². The van der Waals surface area contributed by atoms with Crippen LogP contribution in [0.5, 0.6) is 0 Å². The molecule has 1 unspecified atom stereocenters. The topological polar surface area (TPSA) is 78.9 Å². The summed E-state index contributed by atoms with van der Waals surface area (Å²) in [4.78, 5) is 38.0. The molecule has 0 heterocycles. The van der Waals surface area contributed by atoms with Crippen molar-refractivity contribution in [3.63, 3.8) is 0 Å². The number of unbranched alkanes of at least 4 members (excludes halogenated alkanes) is 22. The highest BCUT2D eigenvalue weighted by Crippen LogP contribution is 2.15. The molecule has 6 nitrogen and oxygen atoms in total. The minimum absolute atomic E-state index is 0.0969. The van der Waals surface area contributed by atoms with Crippen LogP contribution in [0.15, 0.2) is 97.2 Å². The van der Waals surface area contributed by atoms with Gasteiger partial charge in [0, 0.05) is 19.3 Å². The first-order valence-corrected chi connectivity index (χ1v) is 26.3. The third-order valence-electron chi connectivity index (χ3n) is 10.9. The molecular formula is C58H96O6. The molecule has 364 valence electrons. The van der Waals surface area contributed by atoms with E-state index in [0.29, 0.717) is 19.3 Å². The second-order valence-electron chi connectivity index (χ2n) is 17.1. The number of carbonyl (C=O) groups excluding carboxylic acids is 3. The van der Waals surface area contributed by atoms with Crippen molar-refractivity contribution in [1.82, 2.24) is 0 Å². The Morgan fingerprint density at radius 1 is 0.344 bits per heavy atom. The summed E-state index contributed by atoms with van der Waals surface area (Å²) in [7, 11) is 0. The van der Waals surface area contributed by atoms with E-state index in [0.717, 1.165) is 116 Å². The Kier molecular flexibility index (Phi) is 49.0. The van der Waals surface area contributed by atoms with E-state index in [4.69, 9.17) is 14.2 Å². The van der Waals surface area contributed by atoms with Crippen LogP contribution in [-0.4, -0.2) is 37.2 Å². The molecule has 0 aliphatic rings. The van der Waals surface area contributed by atoms with Crippen molar-refractivity contribution in [2.45, 2.75) is 239 Å². The van der Waals surface area contributed by atoms with Crippen LogP contribution < -0.4 is 0 Å². The van der Waals surface area contributed by atoms with Gasteiger partial charge in [0.1, 0.15) is 13.2 Å². The monoisotopic (exact) mass is 889 g/mol. The van der Waals surface area contributed by atoms with Crippen LogP contribution in [0.4, 0.5) is 0 Å². The van der Waals surface area contributed by atoms with Gasteiger partial charge in [0.05, 0.1) is 0 Å². The lowest BCUT2D eigenvalue weighted by atomic mass is 10.0. The van der Waals surface area contributed by atoms with E-state index >= 15 is 0 Å². The maximum Gasteiger partial charge on any atom is 0.306 e. The molecular weight excluding hydrogens is 793 g/mol. The molecule has 0 fully saturated rings. The van der Waals surface area contributed by atoms with Gasteiger partial charge in [0.15, 0.2) is 6.10 Å². The van der Waals surface area contributed by atoms with Gasteiger partial charge in [0.2, 0.25) is 0 Å². The van der Waals surface area contributed by atoms with Gasteiger partial charge in [-0.1, -0.05) is 234 Å². The largest absolute Gasteiger partial charge is 0.462 e. The van der Waals surface area contributed by atoms with E-state index in [1.54, 1.807) is 0 Å². The molecule has 0 aliphatic carbocycles. The Morgan fingerprint density at radius 3 is 1.16 bits per heavy atom. The van der Waals surface area contributed by atoms with Gasteiger partial charge in [-0.3, -0.25) is 14.4 Å². The van der Waals surface area contributed by atoms with E-state index in [1.165, 1.54) is 77.0 Å². The predicted octanol–water partition coefficient (Wildman–Crippen LogP) is 17.4. The lowest BCUT2D eigenvalue weighted by Gasteiger charge is -2.18. The van der Waals surface area contributed by atoms with E-state index in [2.05, 4.69) is 99.8 Å². The lowest BCUT2D eigenvalue weighted by molar-refractivity contribution is -0.167. The highest BCUT2D eigenvalue weighted by Gasteiger charge is 2.19. The number of rotatable bonds is 46. The summed E-state index contributed by atoms with van der Waals surface area (Å²) in [5, 5.41) is 0. The van der Waals surface area contributed by atoms with Crippen molar-refractivity contribution in [1.29, 1.82) is 0 Å². The summed E-state index contributed by atoms with van der Waals surface area (Å²) in [6.07, 6.45) is 68.2. The highest BCUT2D eigenvalue weighted by molar-refractivity contribution is 5.71. The molecule has 0 radical (unpaired) electrons. The van der Waals surface area contributed by atoms with Crippen LogP contribution in [0, 0.1) is 0 Å². The van der Waals surface area contributed by atoms with Gasteiger partial charge >= 0.3 is 17.9 Å². The average Bonchev–Trinajstić information content (AvgIpc) is 3.29. The van der Waals surface area contributed by atoms with Crippen molar-refractivity contribution < 1.29 is 28.6 Å². The Balaban J connectivity index is 4.48. The third-order valence-corrected chi connectivity index (χ3v) is 10.9. The fourth-order valence-electron chi connectivity index (χ4n) is 7.03. The van der Waals surface area contributed by atoms with Crippen molar-refractivity contribution in [2.24, 2.45) is 0 Å². The lowest BCUT2D eigenvalue weighted by Crippen LogP contribution is -2.30. The summed E-state index contributed by atoms with van der Waals surface area (Å²) < 4.78 is 16.8. The fraction of sp³-hybridized carbons (Fsp3) is 0.672. The fourth-order valence-corrected chi connectivity index (χ4v) is 7.03. The molecule has 1 atom stereocenters. The first-order valence-electron chi connectivity index (χ1n) is 26.3. The number of ether oxygens (including phenoxy) is 3. The maximum atomic E-state index is 12.8. The molecule has 0 bridgehead atoms. The zero-order valence-corrected chi connectivity index (χ0v) is 41.5. The maximum absolute atomic E-state index is 12.8. The summed E-state index contributed by atoms with van der Waals surface area (Å²) in [6, 6.07) is 0. The zero-order chi connectivity index (χ0) is 46.5. The summed E-state index contributed by atoms with van der Waals surface area (Å²) in [5.74, 6) is -0.953. The van der Waals surface area contributed by atoms with Crippen molar-refractivity contribution in [3.8, 4) is 0 Å². The summed E-state index contributed by atoms with van der Waals surface area (Å²) >= 11 is 0. The van der Waals surface area contributed by atoms with Crippen LogP contribution in [0.1, 0.15) is 233 Å². The first kappa shape index (κ1) is 60.3. The van der Waals surface area contributed by atoms with Crippen molar-refractivity contribution in [3.05, 3.63) is 97.2 Å². The smallest absolute Gasteiger partial charge is 0.306 e.